The van der Waals surface area contributed by atoms with Gasteiger partial charge in [-0.25, -0.2) is 26.3 Å². The minimum Gasteiger partial charge on any atom is -0.239 e. The van der Waals surface area contributed by atoms with Crippen LogP contribution in [0.15, 0.2) is 34.1 Å². The Kier molecular flexibility index (Phi) is 5.46. The molecule has 3 rings (SSSR count). The average molecular weight is 427 g/mol. The number of benzene rings is 2. The van der Waals surface area contributed by atoms with Crippen LogP contribution in [-0.2, 0) is 16.8 Å². The summed E-state index contributed by atoms with van der Waals surface area (Å²) in [6.45, 7) is 0.0292. The van der Waals surface area contributed by atoms with Crippen molar-refractivity contribution < 1.29 is 34.3 Å². The van der Waals surface area contributed by atoms with Gasteiger partial charge < -0.3 is 0 Å². The lowest BCUT2D eigenvalue weighted by atomic mass is 10.2. The lowest BCUT2D eigenvalue weighted by Crippen LogP contribution is -2.19. The van der Waals surface area contributed by atoms with Crippen molar-refractivity contribution in [2.24, 2.45) is 0 Å². The molecule has 1 fully saturated rings. The molecule has 0 amide bonds. The molecule has 0 radical (unpaired) electrons. The predicted octanol–water partition coefficient (Wildman–Crippen LogP) is 4.71. The molecule has 0 saturated heterocycles. The summed E-state index contributed by atoms with van der Waals surface area (Å²) in [5, 5.41) is 0. The van der Waals surface area contributed by atoms with Crippen molar-refractivity contribution in [2.75, 3.05) is 0 Å². The van der Waals surface area contributed by atoms with E-state index in [0.29, 0.717) is 30.4 Å². The molecule has 0 aliphatic heterocycles. The molecule has 2 aromatic carbocycles. The van der Waals surface area contributed by atoms with Crippen LogP contribution in [0.1, 0.15) is 18.4 Å². The minimum absolute atomic E-state index is 0.0292. The number of nitrogens with zero attached hydrogens (tertiary/aromatic N) is 1. The maximum atomic E-state index is 13.9. The van der Waals surface area contributed by atoms with Crippen molar-refractivity contribution in [3.05, 3.63) is 58.9 Å². The molecule has 1 saturated carbocycles. The standard InChI is InChI=1S/C16H11F6NO2S2/c17-11-12(18)14(20)16(15(21)13(11)19)26-23(9-3-4-9)7-8-1-5-10(6-2-8)27(22,24)25/h1-2,5-6,9H,3-4,7H2. The number of hydrogen-bond acceptors (Lipinski definition) is 4. The van der Waals surface area contributed by atoms with Crippen LogP contribution >= 0.6 is 11.9 Å². The molecular formula is C16H11F6NO2S2. The summed E-state index contributed by atoms with van der Waals surface area (Å²) in [7, 11) is -4.86. The van der Waals surface area contributed by atoms with Crippen molar-refractivity contribution in [3.63, 3.8) is 0 Å². The van der Waals surface area contributed by atoms with E-state index in [9.17, 15) is 34.3 Å². The molecule has 0 bridgehead atoms. The molecule has 11 heteroatoms. The van der Waals surface area contributed by atoms with Crippen LogP contribution in [0.4, 0.5) is 25.8 Å². The van der Waals surface area contributed by atoms with Crippen LogP contribution in [0.2, 0.25) is 0 Å². The summed E-state index contributed by atoms with van der Waals surface area (Å²) in [5.41, 5.74) is 0.477. The normalized spacial score (nSPS) is 14.8. The van der Waals surface area contributed by atoms with E-state index in [-0.39, 0.29) is 12.6 Å². The van der Waals surface area contributed by atoms with Gasteiger partial charge in [0.1, 0.15) is 4.90 Å². The second kappa shape index (κ2) is 7.36. The minimum atomic E-state index is -4.86. The average Bonchev–Trinajstić information content (AvgIpc) is 3.46. The van der Waals surface area contributed by atoms with Crippen LogP contribution in [0.3, 0.4) is 0 Å². The maximum absolute atomic E-state index is 13.9. The fraction of sp³-hybridized carbons (Fsp3) is 0.250. The Hall–Kier alpha value is -1.72. The van der Waals surface area contributed by atoms with Crippen LogP contribution in [-0.4, -0.2) is 18.8 Å². The summed E-state index contributed by atoms with van der Waals surface area (Å²) in [6.07, 6.45) is 1.33. The van der Waals surface area contributed by atoms with E-state index in [0.717, 1.165) is 12.1 Å². The van der Waals surface area contributed by atoms with Crippen molar-refractivity contribution in [1.29, 1.82) is 0 Å². The highest BCUT2D eigenvalue weighted by atomic mass is 32.3. The molecule has 0 spiro atoms. The fourth-order valence-corrected chi connectivity index (χ4v) is 3.93. The lowest BCUT2D eigenvalue weighted by molar-refractivity contribution is 0.358. The third-order valence-corrected chi connectivity index (χ3v) is 5.91. The zero-order chi connectivity index (χ0) is 19.9. The SMILES string of the molecule is O=S(=O)(F)c1ccc(CN(Sc2c(F)c(F)c(F)c(F)c2F)C2CC2)cc1. The monoisotopic (exact) mass is 427 g/mol. The number of rotatable bonds is 6. The van der Waals surface area contributed by atoms with E-state index < -0.39 is 49.1 Å². The highest BCUT2D eigenvalue weighted by molar-refractivity contribution is 7.97. The molecule has 0 N–H and O–H groups in total. The molecule has 146 valence electrons. The second-order valence-corrected chi connectivity index (χ2v) is 8.29. The topological polar surface area (TPSA) is 37.4 Å². The molecular weight excluding hydrogens is 416 g/mol. The lowest BCUT2D eigenvalue weighted by Gasteiger charge is -2.21. The van der Waals surface area contributed by atoms with Gasteiger partial charge in [0.15, 0.2) is 23.3 Å². The van der Waals surface area contributed by atoms with E-state index in [2.05, 4.69) is 0 Å². The van der Waals surface area contributed by atoms with Crippen LogP contribution in [0.25, 0.3) is 0 Å². The molecule has 1 aliphatic rings. The summed E-state index contributed by atoms with van der Waals surface area (Å²) in [6, 6.07) is 4.52. The largest absolute Gasteiger partial charge is 0.332 e. The molecule has 1 aliphatic carbocycles. The summed E-state index contributed by atoms with van der Waals surface area (Å²) in [5.74, 6) is -10.1. The van der Waals surface area contributed by atoms with Crippen LogP contribution in [0, 0.1) is 29.1 Å². The third kappa shape index (κ3) is 4.25. The first-order chi connectivity index (χ1) is 12.6. The first kappa shape index (κ1) is 20.0. The smallest absolute Gasteiger partial charge is 0.239 e. The highest BCUT2D eigenvalue weighted by Crippen LogP contribution is 2.40. The van der Waals surface area contributed by atoms with Gasteiger partial charge in [0.25, 0.3) is 0 Å². The van der Waals surface area contributed by atoms with E-state index in [1.54, 1.807) is 0 Å². The molecule has 0 atom stereocenters. The summed E-state index contributed by atoms with van der Waals surface area (Å²) in [4.78, 5) is -1.56. The van der Waals surface area contributed by atoms with Crippen LogP contribution in [0.5, 0.6) is 0 Å². The number of halogens is 6. The van der Waals surface area contributed by atoms with Gasteiger partial charge in [-0.2, -0.15) is 8.42 Å². The van der Waals surface area contributed by atoms with Gasteiger partial charge in [0.05, 0.1) is 4.90 Å². The zero-order valence-electron chi connectivity index (χ0n) is 13.4. The van der Waals surface area contributed by atoms with Gasteiger partial charge in [0, 0.05) is 12.6 Å². The first-order valence-corrected chi connectivity index (χ1v) is 9.75. The predicted molar refractivity (Wildman–Crippen MR) is 85.4 cm³/mol. The van der Waals surface area contributed by atoms with Crippen molar-refractivity contribution in [3.8, 4) is 0 Å². The Morgan fingerprint density at radius 3 is 1.81 bits per heavy atom. The van der Waals surface area contributed by atoms with Gasteiger partial charge in [-0.05, 0) is 42.5 Å². The Labute approximate surface area is 155 Å². The van der Waals surface area contributed by atoms with Crippen molar-refractivity contribution >= 4 is 22.2 Å². The Morgan fingerprint density at radius 2 is 1.37 bits per heavy atom. The Morgan fingerprint density at radius 1 is 0.889 bits per heavy atom. The van der Waals surface area contributed by atoms with Crippen molar-refractivity contribution in [1.82, 2.24) is 4.31 Å². The van der Waals surface area contributed by atoms with E-state index in [4.69, 9.17) is 0 Å². The van der Waals surface area contributed by atoms with Gasteiger partial charge in [-0.3, -0.25) is 0 Å². The van der Waals surface area contributed by atoms with Gasteiger partial charge in [0.2, 0.25) is 5.82 Å². The molecule has 0 heterocycles. The summed E-state index contributed by atoms with van der Waals surface area (Å²) < 4.78 is 104. The molecule has 0 unspecified atom stereocenters. The zero-order valence-corrected chi connectivity index (χ0v) is 15.0. The Bertz CT molecular complexity index is 948. The van der Waals surface area contributed by atoms with Gasteiger partial charge in [-0.15, -0.1) is 3.89 Å². The number of hydrogen-bond donors (Lipinski definition) is 0. The molecule has 27 heavy (non-hydrogen) atoms. The molecule has 3 nitrogen and oxygen atoms in total. The van der Waals surface area contributed by atoms with E-state index in [1.165, 1.54) is 16.4 Å². The third-order valence-electron chi connectivity index (χ3n) is 3.88. The van der Waals surface area contributed by atoms with Gasteiger partial charge >= 0.3 is 10.2 Å². The first-order valence-electron chi connectivity index (χ1n) is 7.59. The summed E-state index contributed by atoms with van der Waals surface area (Å²) >= 11 is 0.399. The fourth-order valence-electron chi connectivity index (χ4n) is 2.32. The highest BCUT2D eigenvalue weighted by Gasteiger charge is 2.34. The maximum Gasteiger partial charge on any atom is 0.332 e. The van der Waals surface area contributed by atoms with E-state index >= 15 is 0 Å². The van der Waals surface area contributed by atoms with Crippen molar-refractivity contribution in [2.45, 2.75) is 35.2 Å². The van der Waals surface area contributed by atoms with E-state index in [1.807, 2.05) is 0 Å². The molecule has 2 aromatic rings. The van der Waals surface area contributed by atoms with Gasteiger partial charge in [-0.1, -0.05) is 12.1 Å². The Balaban J connectivity index is 1.86. The molecule has 0 aromatic heterocycles. The van der Waals surface area contributed by atoms with Crippen LogP contribution < -0.4 is 0 Å². The second-order valence-electron chi connectivity index (χ2n) is 5.88. The quantitative estimate of drug-likeness (QED) is 0.220.